The van der Waals surface area contributed by atoms with Crippen molar-refractivity contribution in [3.63, 3.8) is 0 Å². The van der Waals surface area contributed by atoms with Gasteiger partial charge in [0.25, 0.3) is 5.56 Å². The smallest absolute Gasteiger partial charge is 0.274 e. The fraction of sp³-hybridized carbons (Fsp3) is 0.125. The van der Waals surface area contributed by atoms with Crippen LogP contribution in [0.1, 0.15) is 5.82 Å². The molecule has 2 heterocycles. The SMILES string of the molecule is Nc1cnc(Cn2cccn2)[nH]c1=O. The molecule has 0 atom stereocenters. The number of nitrogen functional groups attached to an aromatic ring is 1. The quantitative estimate of drug-likeness (QED) is 0.675. The van der Waals surface area contributed by atoms with E-state index in [0.29, 0.717) is 12.4 Å². The molecule has 2 aromatic heterocycles. The molecule has 0 fully saturated rings. The Kier molecular flexibility index (Phi) is 2.02. The predicted octanol–water partition coefficient (Wildman–Crippen LogP) is -0.403. The lowest BCUT2D eigenvalue weighted by molar-refractivity contribution is 0.653. The lowest BCUT2D eigenvalue weighted by Gasteiger charge is -2.00. The molecule has 0 aliphatic heterocycles. The molecular formula is C8H9N5O. The van der Waals surface area contributed by atoms with Crippen LogP contribution in [-0.2, 0) is 6.54 Å². The third kappa shape index (κ3) is 1.63. The molecule has 3 N–H and O–H groups in total. The first-order chi connectivity index (χ1) is 6.75. The average molecular weight is 191 g/mol. The van der Waals surface area contributed by atoms with Crippen molar-refractivity contribution in [2.24, 2.45) is 0 Å². The zero-order valence-electron chi connectivity index (χ0n) is 7.34. The number of nitrogens with zero attached hydrogens (tertiary/aromatic N) is 3. The third-order valence-corrected chi connectivity index (χ3v) is 1.75. The predicted molar refractivity (Wildman–Crippen MR) is 50.6 cm³/mol. The maximum absolute atomic E-state index is 11.1. The number of hydrogen-bond donors (Lipinski definition) is 2. The van der Waals surface area contributed by atoms with Gasteiger partial charge in [0.1, 0.15) is 11.5 Å². The van der Waals surface area contributed by atoms with Crippen LogP contribution in [0.3, 0.4) is 0 Å². The average Bonchev–Trinajstić information content (AvgIpc) is 2.64. The number of aromatic amines is 1. The van der Waals surface area contributed by atoms with Crippen LogP contribution in [0.4, 0.5) is 5.69 Å². The fourth-order valence-electron chi connectivity index (χ4n) is 1.07. The standard InChI is InChI=1S/C8H9N5O/c9-6-4-10-7(12-8(6)14)5-13-3-1-2-11-13/h1-4H,5,9H2,(H,10,12,14). The van der Waals surface area contributed by atoms with Gasteiger partial charge in [-0.25, -0.2) is 4.98 Å². The van der Waals surface area contributed by atoms with Gasteiger partial charge >= 0.3 is 0 Å². The van der Waals surface area contributed by atoms with Crippen molar-refractivity contribution in [3.05, 3.63) is 40.8 Å². The van der Waals surface area contributed by atoms with E-state index in [4.69, 9.17) is 5.73 Å². The van der Waals surface area contributed by atoms with Crippen LogP contribution in [-0.4, -0.2) is 19.7 Å². The van der Waals surface area contributed by atoms with Gasteiger partial charge in [0, 0.05) is 12.4 Å². The van der Waals surface area contributed by atoms with Crippen LogP contribution in [0.25, 0.3) is 0 Å². The van der Waals surface area contributed by atoms with Gasteiger partial charge in [0.15, 0.2) is 0 Å². The molecule has 6 nitrogen and oxygen atoms in total. The first-order valence-corrected chi connectivity index (χ1v) is 4.07. The molecule has 2 aromatic rings. The van der Waals surface area contributed by atoms with E-state index in [-0.39, 0.29) is 11.2 Å². The molecule has 2 rings (SSSR count). The molecule has 0 bridgehead atoms. The van der Waals surface area contributed by atoms with Gasteiger partial charge in [-0.2, -0.15) is 5.10 Å². The Morgan fingerprint density at radius 2 is 2.43 bits per heavy atom. The molecule has 6 heteroatoms. The molecule has 0 saturated carbocycles. The third-order valence-electron chi connectivity index (χ3n) is 1.75. The van der Waals surface area contributed by atoms with Gasteiger partial charge in [-0.3, -0.25) is 9.48 Å². The molecular weight excluding hydrogens is 182 g/mol. The van der Waals surface area contributed by atoms with Crippen LogP contribution in [0.2, 0.25) is 0 Å². The second-order valence-electron chi connectivity index (χ2n) is 2.82. The molecule has 0 saturated heterocycles. The minimum absolute atomic E-state index is 0.120. The summed E-state index contributed by atoms with van der Waals surface area (Å²) in [5.41, 5.74) is 5.14. The lowest BCUT2D eigenvalue weighted by Crippen LogP contribution is -2.16. The highest BCUT2D eigenvalue weighted by atomic mass is 16.1. The number of anilines is 1. The Labute approximate surface area is 79.4 Å². The van der Waals surface area contributed by atoms with Gasteiger partial charge in [-0.05, 0) is 6.07 Å². The van der Waals surface area contributed by atoms with E-state index in [1.54, 1.807) is 23.1 Å². The molecule has 72 valence electrons. The summed E-state index contributed by atoms with van der Waals surface area (Å²) in [5, 5.41) is 3.99. The van der Waals surface area contributed by atoms with Crippen molar-refractivity contribution in [2.75, 3.05) is 5.73 Å². The molecule has 0 spiro atoms. The highest BCUT2D eigenvalue weighted by molar-refractivity contribution is 5.30. The first-order valence-electron chi connectivity index (χ1n) is 4.07. The summed E-state index contributed by atoms with van der Waals surface area (Å²) in [6.45, 7) is 0.433. The highest BCUT2D eigenvalue weighted by Gasteiger charge is 1.99. The van der Waals surface area contributed by atoms with Crippen molar-refractivity contribution < 1.29 is 0 Å². The summed E-state index contributed by atoms with van der Waals surface area (Å²) < 4.78 is 1.66. The maximum atomic E-state index is 11.1. The fourth-order valence-corrected chi connectivity index (χ4v) is 1.07. The second kappa shape index (κ2) is 3.33. The van der Waals surface area contributed by atoms with Gasteiger partial charge in [0.2, 0.25) is 0 Å². The summed E-state index contributed by atoms with van der Waals surface area (Å²) in [6, 6.07) is 1.80. The van der Waals surface area contributed by atoms with Gasteiger partial charge in [-0.15, -0.1) is 0 Å². The summed E-state index contributed by atoms with van der Waals surface area (Å²) in [7, 11) is 0. The lowest BCUT2D eigenvalue weighted by atomic mass is 10.5. The maximum Gasteiger partial charge on any atom is 0.274 e. The number of hydrogen-bond acceptors (Lipinski definition) is 4. The molecule has 14 heavy (non-hydrogen) atoms. The summed E-state index contributed by atoms with van der Waals surface area (Å²) in [5.74, 6) is 0.535. The molecule has 0 aromatic carbocycles. The Balaban J connectivity index is 2.26. The van der Waals surface area contributed by atoms with Crippen LogP contribution in [0.5, 0.6) is 0 Å². The number of nitrogens with one attached hydrogen (secondary N) is 1. The number of aromatic nitrogens is 4. The summed E-state index contributed by atoms with van der Waals surface area (Å²) in [4.78, 5) is 17.7. The first kappa shape index (κ1) is 8.49. The summed E-state index contributed by atoms with van der Waals surface area (Å²) in [6.07, 6.45) is 4.80. The van der Waals surface area contributed by atoms with Crippen molar-refractivity contribution in [1.82, 2.24) is 19.7 Å². The molecule has 0 radical (unpaired) electrons. The van der Waals surface area contributed by atoms with Crippen LogP contribution >= 0.6 is 0 Å². The largest absolute Gasteiger partial charge is 0.393 e. The van der Waals surface area contributed by atoms with E-state index in [9.17, 15) is 4.79 Å². The van der Waals surface area contributed by atoms with Crippen LogP contribution < -0.4 is 11.3 Å². The Morgan fingerprint density at radius 3 is 3.07 bits per heavy atom. The number of rotatable bonds is 2. The summed E-state index contributed by atoms with van der Waals surface area (Å²) >= 11 is 0. The monoisotopic (exact) mass is 191 g/mol. The zero-order chi connectivity index (χ0) is 9.97. The molecule has 0 aliphatic rings. The topological polar surface area (TPSA) is 89.6 Å². The van der Waals surface area contributed by atoms with Crippen molar-refractivity contribution >= 4 is 5.69 Å². The minimum atomic E-state index is -0.317. The van der Waals surface area contributed by atoms with Gasteiger partial charge in [-0.1, -0.05) is 0 Å². The van der Waals surface area contributed by atoms with Crippen molar-refractivity contribution in [3.8, 4) is 0 Å². The molecule has 0 unspecified atom stereocenters. The van der Waals surface area contributed by atoms with Crippen LogP contribution in [0, 0.1) is 0 Å². The van der Waals surface area contributed by atoms with Crippen molar-refractivity contribution in [2.45, 2.75) is 6.54 Å². The number of nitrogens with two attached hydrogens (primary N) is 1. The van der Waals surface area contributed by atoms with Crippen molar-refractivity contribution in [1.29, 1.82) is 0 Å². The normalized spacial score (nSPS) is 10.3. The van der Waals surface area contributed by atoms with Crippen LogP contribution in [0.15, 0.2) is 29.5 Å². The Hall–Kier alpha value is -2.11. The van der Waals surface area contributed by atoms with E-state index >= 15 is 0 Å². The Morgan fingerprint density at radius 1 is 1.57 bits per heavy atom. The number of H-pyrrole nitrogens is 1. The van der Waals surface area contributed by atoms with Gasteiger partial charge < -0.3 is 10.7 Å². The van der Waals surface area contributed by atoms with E-state index in [1.807, 2.05) is 0 Å². The van der Waals surface area contributed by atoms with E-state index in [1.165, 1.54) is 6.20 Å². The van der Waals surface area contributed by atoms with E-state index < -0.39 is 0 Å². The zero-order valence-corrected chi connectivity index (χ0v) is 7.34. The Bertz CT molecular complexity index is 473. The second-order valence-corrected chi connectivity index (χ2v) is 2.82. The van der Waals surface area contributed by atoms with E-state index in [0.717, 1.165) is 0 Å². The highest BCUT2D eigenvalue weighted by Crippen LogP contribution is 1.93. The molecule has 0 aliphatic carbocycles. The van der Waals surface area contributed by atoms with Gasteiger partial charge in [0.05, 0.1) is 12.7 Å². The minimum Gasteiger partial charge on any atom is -0.393 e. The molecule has 0 amide bonds. The van der Waals surface area contributed by atoms with E-state index in [2.05, 4.69) is 15.1 Å².